The van der Waals surface area contributed by atoms with Gasteiger partial charge in [-0.25, -0.2) is 13.5 Å². The monoisotopic (exact) mass is 476 g/mol. The molecule has 0 amide bonds. The fraction of sp³-hybridized carbons (Fsp3) is 0.520. The predicted octanol–water partition coefficient (Wildman–Crippen LogP) is 8.76. The molecule has 1 aliphatic rings. The van der Waals surface area contributed by atoms with Gasteiger partial charge in [-0.1, -0.05) is 63.6 Å². The van der Waals surface area contributed by atoms with Crippen molar-refractivity contribution in [1.29, 1.82) is 0 Å². The molecule has 0 spiro atoms. The maximum absolute atomic E-state index is 14.7. The van der Waals surface area contributed by atoms with E-state index in [0.717, 1.165) is 24.0 Å². The van der Waals surface area contributed by atoms with Crippen molar-refractivity contribution in [3.63, 3.8) is 0 Å². The molecule has 182 valence electrons. The van der Waals surface area contributed by atoms with Crippen LogP contribution in [0.4, 0.5) is 30.7 Å². The summed E-state index contributed by atoms with van der Waals surface area (Å²) < 4.78 is 95.3. The molecule has 0 atom stereocenters. The Kier molecular flexibility index (Phi) is 8.08. The Balaban J connectivity index is 1.66. The van der Waals surface area contributed by atoms with Crippen molar-refractivity contribution >= 4 is 0 Å². The van der Waals surface area contributed by atoms with Crippen molar-refractivity contribution in [2.75, 3.05) is 0 Å². The first-order valence-corrected chi connectivity index (χ1v) is 11.2. The molecule has 2 aromatic rings. The molecule has 0 unspecified atom stereocenters. The Bertz CT molecular complexity index is 931. The summed E-state index contributed by atoms with van der Waals surface area (Å²) in [5, 5.41) is 0. The standard InChI is InChI=1S/C25H27F7O/c1-2-3-16-4-6-17(7-5-16)8-9-18-10-12-20(22(26)14-18)19-11-13-21(23(27)15-19)24(28,29)33-25(30,31)32/h10-17H,2-9H2,1H3. The van der Waals surface area contributed by atoms with Gasteiger partial charge in [0.2, 0.25) is 0 Å². The molecule has 0 aromatic heterocycles. The second-order valence-corrected chi connectivity index (χ2v) is 8.79. The SMILES string of the molecule is CCCC1CCC(CCc2ccc(-c3ccc(C(F)(F)OC(F)(F)F)c(F)c3)c(F)c2)CC1. The largest absolute Gasteiger partial charge is 0.527 e. The van der Waals surface area contributed by atoms with E-state index in [9.17, 15) is 30.7 Å². The summed E-state index contributed by atoms with van der Waals surface area (Å²) in [6, 6.07) is 6.47. The molecule has 0 heterocycles. The quantitative estimate of drug-likeness (QED) is 0.346. The van der Waals surface area contributed by atoms with Crippen molar-refractivity contribution in [3.8, 4) is 11.1 Å². The molecule has 0 aliphatic heterocycles. The number of aryl methyl sites for hydroxylation is 1. The fourth-order valence-corrected chi connectivity index (χ4v) is 4.66. The van der Waals surface area contributed by atoms with Gasteiger partial charge in [0.25, 0.3) is 0 Å². The summed E-state index contributed by atoms with van der Waals surface area (Å²) >= 11 is 0. The van der Waals surface area contributed by atoms with Gasteiger partial charge < -0.3 is 0 Å². The Hall–Kier alpha value is -2.09. The molecule has 2 aromatic carbocycles. The first kappa shape index (κ1) is 25.5. The normalized spacial score (nSPS) is 19.6. The van der Waals surface area contributed by atoms with Crippen molar-refractivity contribution in [2.45, 2.75) is 70.8 Å². The van der Waals surface area contributed by atoms with Crippen LogP contribution in [0.5, 0.6) is 0 Å². The third kappa shape index (κ3) is 6.95. The topological polar surface area (TPSA) is 9.23 Å². The van der Waals surface area contributed by atoms with Crippen molar-refractivity contribution in [3.05, 3.63) is 59.2 Å². The van der Waals surface area contributed by atoms with Crippen molar-refractivity contribution in [1.82, 2.24) is 0 Å². The first-order chi connectivity index (χ1) is 15.5. The van der Waals surface area contributed by atoms with E-state index >= 15 is 0 Å². The average Bonchev–Trinajstić information content (AvgIpc) is 2.71. The van der Waals surface area contributed by atoms with E-state index in [1.54, 1.807) is 6.07 Å². The highest BCUT2D eigenvalue weighted by Crippen LogP contribution is 2.39. The molecule has 1 nitrogen and oxygen atoms in total. The lowest BCUT2D eigenvalue weighted by atomic mass is 9.78. The average molecular weight is 476 g/mol. The van der Waals surface area contributed by atoms with Gasteiger partial charge in [-0.15, -0.1) is 13.2 Å². The molecule has 0 radical (unpaired) electrons. The molecular formula is C25H27F7O. The highest BCUT2D eigenvalue weighted by molar-refractivity contribution is 5.65. The third-order valence-electron chi connectivity index (χ3n) is 6.38. The van der Waals surface area contributed by atoms with Crippen LogP contribution in [-0.4, -0.2) is 6.36 Å². The van der Waals surface area contributed by atoms with Gasteiger partial charge in [0, 0.05) is 5.56 Å². The number of benzene rings is 2. The van der Waals surface area contributed by atoms with Crippen molar-refractivity contribution in [2.24, 2.45) is 11.8 Å². The molecule has 1 fully saturated rings. The van der Waals surface area contributed by atoms with Crippen LogP contribution in [0.25, 0.3) is 11.1 Å². The lowest BCUT2D eigenvalue weighted by Crippen LogP contribution is -2.28. The predicted molar refractivity (Wildman–Crippen MR) is 112 cm³/mol. The lowest BCUT2D eigenvalue weighted by molar-refractivity contribution is -0.432. The Morgan fingerprint density at radius 3 is 2.00 bits per heavy atom. The van der Waals surface area contributed by atoms with Gasteiger partial charge in [-0.3, -0.25) is 0 Å². The van der Waals surface area contributed by atoms with Gasteiger partial charge >= 0.3 is 12.5 Å². The van der Waals surface area contributed by atoms with Crippen LogP contribution in [0.2, 0.25) is 0 Å². The van der Waals surface area contributed by atoms with Crippen LogP contribution in [0, 0.1) is 23.5 Å². The molecule has 0 saturated heterocycles. The molecule has 1 saturated carbocycles. The first-order valence-electron chi connectivity index (χ1n) is 11.2. The smallest absolute Gasteiger partial charge is 0.222 e. The zero-order chi connectivity index (χ0) is 24.2. The second-order valence-electron chi connectivity index (χ2n) is 8.79. The minimum atomic E-state index is -5.65. The number of hydrogen-bond donors (Lipinski definition) is 0. The summed E-state index contributed by atoms with van der Waals surface area (Å²) in [6.07, 6.45) is -1.58. The highest BCUT2D eigenvalue weighted by Gasteiger charge is 2.47. The second kappa shape index (κ2) is 10.5. The summed E-state index contributed by atoms with van der Waals surface area (Å²) in [5.41, 5.74) is -0.870. The summed E-state index contributed by atoms with van der Waals surface area (Å²) in [7, 11) is 0. The zero-order valence-corrected chi connectivity index (χ0v) is 18.3. The summed E-state index contributed by atoms with van der Waals surface area (Å²) in [4.78, 5) is 0. The van der Waals surface area contributed by atoms with Gasteiger partial charge in [0.15, 0.2) is 0 Å². The van der Waals surface area contributed by atoms with Gasteiger partial charge in [0.1, 0.15) is 11.6 Å². The van der Waals surface area contributed by atoms with E-state index < -0.39 is 29.7 Å². The molecule has 0 bridgehead atoms. The van der Waals surface area contributed by atoms with Crippen LogP contribution in [0.1, 0.15) is 63.0 Å². The van der Waals surface area contributed by atoms with Gasteiger partial charge in [0.05, 0.1) is 5.56 Å². The number of ether oxygens (including phenoxy) is 1. The lowest BCUT2D eigenvalue weighted by Gasteiger charge is -2.28. The molecule has 33 heavy (non-hydrogen) atoms. The van der Waals surface area contributed by atoms with E-state index in [2.05, 4.69) is 11.7 Å². The summed E-state index contributed by atoms with van der Waals surface area (Å²) in [5.74, 6) is -0.841. The Morgan fingerprint density at radius 1 is 0.818 bits per heavy atom. The molecule has 3 rings (SSSR count). The number of halogens is 7. The fourth-order valence-electron chi connectivity index (χ4n) is 4.66. The minimum absolute atomic E-state index is 0.0238. The van der Waals surface area contributed by atoms with Gasteiger partial charge in [-0.05, 0) is 54.0 Å². The molecular weight excluding hydrogens is 449 g/mol. The summed E-state index contributed by atoms with van der Waals surface area (Å²) in [6.45, 7) is 2.20. The van der Waals surface area contributed by atoms with Crippen molar-refractivity contribution < 1.29 is 35.5 Å². The van der Waals surface area contributed by atoms with Crippen LogP contribution < -0.4 is 0 Å². The minimum Gasteiger partial charge on any atom is -0.222 e. The number of rotatable bonds is 8. The van der Waals surface area contributed by atoms with E-state index in [1.807, 2.05) is 0 Å². The van der Waals surface area contributed by atoms with E-state index in [-0.39, 0.29) is 11.1 Å². The molecule has 0 N–H and O–H groups in total. The highest BCUT2D eigenvalue weighted by atomic mass is 19.4. The van der Waals surface area contributed by atoms with E-state index in [1.165, 1.54) is 50.7 Å². The number of hydrogen-bond acceptors (Lipinski definition) is 1. The zero-order valence-electron chi connectivity index (χ0n) is 18.3. The number of alkyl halides is 5. The van der Waals surface area contributed by atoms with Gasteiger partial charge in [-0.2, -0.15) is 8.78 Å². The van der Waals surface area contributed by atoms with E-state index in [0.29, 0.717) is 24.5 Å². The Morgan fingerprint density at radius 2 is 1.45 bits per heavy atom. The van der Waals surface area contributed by atoms with Crippen LogP contribution in [0.3, 0.4) is 0 Å². The molecule has 1 aliphatic carbocycles. The third-order valence-corrected chi connectivity index (χ3v) is 6.38. The molecule has 8 heteroatoms. The maximum atomic E-state index is 14.7. The van der Waals surface area contributed by atoms with E-state index in [4.69, 9.17) is 0 Å². The Labute approximate surface area is 188 Å². The maximum Gasteiger partial charge on any atom is 0.527 e. The van der Waals surface area contributed by atoms with Crippen LogP contribution >= 0.6 is 0 Å². The van der Waals surface area contributed by atoms with Crippen LogP contribution in [0.15, 0.2) is 36.4 Å². The van der Waals surface area contributed by atoms with Crippen LogP contribution in [-0.2, 0) is 17.3 Å².